The van der Waals surface area contributed by atoms with Crippen LogP contribution in [0.25, 0.3) is 6.08 Å². The number of nitrogens with zero attached hydrogens (tertiary/aromatic N) is 1. The van der Waals surface area contributed by atoms with E-state index in [4.69, 9.17) is 23.2 Å². The van der Waals surface area contributed by atoms with Crippen LogP contribution in [-0.2, 0) is 9.59 Å². The van der Waals surface area contributed by atoms with Crippen LogP contribution < -0.4 is 10.2 Å². The molecular formula is C19H16Cl2N2O2. The molecule has 128 valence electrons. The molecule has 0 atom stereocenters. The van der Waals surface area contributed by atoms with Crippen LogP contribution in [0.2, 0.25) is 10.0 Å². The SMILES string of the molecule is O=C(/C=C/c1ccc(Cl)cc1Cl)Nc1ccc(N2CCCC2=O)cc1. The summed E-state index contributed by atoms with van der Waals surface area (Å²) in [6.07, 6.45) is 4.52. The number of halogens is 2. The van der Waals surface area contributed by atoms with Crippen molar-refractivity contribution in [3.05, 3.63) is 64.1 Å². The van der Waals surface area contributed by atoms with Crippen LogP contribution in [0.1, 0.15) is 18.4 Å². The van der Waals surface area contributed by atoms with E-state index in [-0.39, 0.29) is 11.8 Å². The molecule has 4 nitrogen and oxygen atoms in total. The number of anilines is 2. The summed E-state index contributed by atoms with van der Waals surface area (Å²) in [5.41, 5.74) is 2.22. The molecule has 0 spiro atoms. The van der Waals surface area contributed by atoms with Crippen molar-refractivity contribution in [1.29, 1.82) is 0 Å². The summed E-state index contributed by atoms with van der Waals surface area (Å²) in [7, 11) is 0. The van der Waals surface area contributed by atoms with Gasteiger partial charge in [0.05, 0.1) is 0 Å². The third-order valence-electron chi connectivity index (χ3n) is 3.90. The molecule has 6 heteroatoms. The highest BCUT2D eigenvalue weighted by atomic mass is 35.5. The van der Waals surface area contributed by atoms with Crippen LogP contribution in [0.15, 0.2) is 48.5 Å². The normalized spacial score (nSPS) is 14.3. The third kappa shape index (κ3) is 4.41. The second-order valence-corrected chi connectivity index (χ2v) is 6.53. The second kappa shape index (κ2) is 7.72. The Morgan fingerprint density at radius 2 is 1.88 bits per heavy atom. The number of carbonyl (C=O) groups excluding carboxylic acids is 2. The molecule has 0 aliphatic carbocycles. The van der Waals surface area contributed by atoms with Crippen molar-refractivity contribution in [2.75, 3.05) is 16.8 Å². The van der Waals surface area contributed by atoms with Gasteiger partial charge in [-0.05, 0) is 54.5 Å². The Balaban J connectivity index is 1.62. The van der Waals surface area contributed by atoms with E-state index in [2.05, 4.69) is 5.32 Å². The first-order chi connectivity index (χ1) is 12.0. The van der Waals surface area contributed by atoms with Crippen molar-refractivity contribution in [3.63, 3.8) is 0 Å². The predicted octanol–water partition coefficient (Wildman–Crippen LogP) is 4.77. The Hall–Kier alpha value is -2.30. The van der Waals surface area contributed by atoms with E-state index in [0.717, 1.165) is 18.7 Å². The van der Waals surface area contributed by atoms with Gasteiger partial charge in [0, 0.05) is 40.5 Å². The van der Waals surface area contributed by atoms with Gasteiger partial charge in [-0.15, -0.1) is 0 Å². The van der Waals surface area contributed by atoms with Crippen LogP contribution in [0.3, 0.4) is 0 Å². The van der Waals surface area contributed by atoms with Gasteiger partial charge in [-0.25, -0.2) is 0 Å². The number of carbonyl (C=O) groups is 2. The van der Waals surface area contributed by atoms with Crippen molar-refractivity contribution in [2.45, 2.75) is 12.8 Å². The Bertz CT molecular complexity index is 832. The van der Waals surface area contributed by atoms with Crippen LogP contribution in [0, 0.1) is 0 Å². The third-order valence-corrected chi connectivity index (χ3v) is 4.46. The fourth-order valence-electron chi connectivity index (χ4n) is 2.63. The summed E-state index contributed by atoms with van der Waals surface area (Å²) >= 11 is 11.9. The van der Waals surface area contributed by atoms with Crippen LogP contribution in [0.5, 0.6) is 0 Å². The smallest absolute Gasteiger partial charge is 0.248 e. The molecule has 0 radical (unpaired) electrons. The maximum absolute atomic E-state index is 12.0. The lowest BCUT2D eigenvalue weighted by Crippen LogP contribution is -2.23. The maximum Gasteiger partial charge on any atom is 0.248 e. The van der Waals surface area contributed by atoms with E-state index in [1.807, 2.05) is 12.1 Å². The van der Waals surface area contributed by atoms with Gasteiger partial charge in [0.25, 0.3) is 0 Å². The van der Waals surface area contributed by atoms with Crippen LogP contribution >= 0.6 is 23.2 Å². The number of amides is 2. The number of rotatable bonds is 4. The summed E-state index contributed by atoms with van der Waals surface area (Å²) in [6.45, 7) is 0.745. The maximum atomic E-state index is 12.0. The molecule has 1 aliphatic rings. The molecule has 3 rings (SSSR count). The largest absolute Gasteiger partial charge is 0.323 e. The standard InChI is InChI=1S/C19H16Cl2N2O2/c20-14-5-3-13(17(21)12-14)4-10-18(24)22-15-6-8-16(9-7-15)23-11-1-2-19(23)25/h3-10,12H,1-2,11H2,(H,22,24)/b10-4+. The molecule has 2 amide bonds. The molecule has 1 saturated heterocycles. The van der Waals surface area contributed by atoms with E-state index in [9.17, 15) is 9.59 Å². The predicted molar refractivity (Wildman–Crippen MR) is 102 cm³/mol. The molecular weight excluding hydrogens is 359 g/mol. The van der Waals surface area contributed by atoms with E-state index in [1.165, 1.54) is 6.08 Å². The molecule has 2 aromatic carbocycles. The van der Waals surface area contributed by atoms with Crippen molar-refractivity contribution < 1.29 is 9.59 Å². The van der Waals surface area contributed by atoms with Crippen molar-refractivity contribution in [2.24, 2.45) is 0 Å². The first kappa shape index (κ1) is 17.5. The molecule has 0 saturated carbocycles. The highest BCUT2D eigenvalue weighted by Gasteiger charge is 2.21. The minimum Gasteiger partial charge on any atom is -0.323 e. The minimum absolute atomic E-state index is 0.138. The lowest BCUT2D eigenvalue weighted by molar-refractivity contribution is -0.117. The zero-order chi connectivity index (χ0) is 17.8. The molecule has 0 aromatic heterocycles. The number of hydrogen-bond acceptors (Lipinski definition) is 2. The van der Waals surface area contributed by atoms with Gasteiger partial charge in [-0.1, -0.05) is 29.3 Å². The summed E-state index contributed by atoms with van der Waals surface area (Å²) in [4.78, 5) is 25.5. The van der Waals surface area contributed by atoms with Gasteiger partial charge in [0.2, 0.25) is 11.8 Å². The second-order valence-electron chi connectivity index (χ2n) is 5.68. The number of benzene rings is 2. The average molecular weight is 375 g/mol. The lowest BCUT2D eigenvalue weighted by atomic mass is 10.2. The molecule has 1 fully saturated rings. The first-order valence-electron chi connectivity index (χ1n) is 7.87. The Morgan fingerprint density at radius 1 is 1.12 bits per heavy atom. The Kier molecular flexibility index (Phi) is 5.41. The van der Waals surface area contributed by atoms with Gasteiger partial charge >= 0.3 is 0 Å². The molecule has 1 aliphatic heterocycles. The van der Waals surface area contributed by atoms with Crippen molar-refractivity contribution >= 4 is 52.5 Å². The lowest BCUT2D eigenvalue weighted by Gasteiger charge is -2.15. The molecule has 25 heavy (non-hydrogen) atoms. The van der Waals surface area contributed by atoms with Crippen LogP contribution in [-0.4, -0.2) is 18.4 Å². The summed E-state index contributed by atoms with van der Waals surface area (Å²) in [5, 5.41) is 3.80. The number of nitrogens with one attached hydrogen (secondary N) is 1. The Labute approximate surface area is 156 Å². The molecule has 2 aromatic rings. The number of hydrogen-bond donors (Lipinski definition) is 1. The first-order valence-corrected chi connectivity index (χ1v) is 8.63. The van der Waals surface area contributed by atoms with Gasteiger partial charge < -0.3 is 10.2 Å². The quantitative estimate of drug-likeness (QED) is 0.783. The van der Waals surface area contributed by atoms with Gasteiger partial charge in [-0.2, -0.15) is 0 Å². The molecule has 1 heterocycles. The molecule has 1 N–H and O–H groups in total. The average Bonchev–Trinajstić information content (AvgIpc) is 3.01. The van der Waals surface area contributed by atoms with E-state index < -0.39 is 0 Å². The van der Waals surface area contributed by atoms with Gasteiger partial charge in [-0.3, -0.25) is 9.59 Å². The highest BCUT2D eigenvalue weighted by Crippen LogP contribution is 2.24. The highest BCUT2D eigenvalue weighted by molar-refractivity contribution is 6.35. The van der Waals surface area contributed by atoms with Crippen LogP contribution in [0.4, 0.5) is 11.4 Å². The van der Waals surface area contributed by atoms with Gasteiger partial charge in [0.15, 0.2) is 0 Å². The fraction of sp³-hybridized carbons (Fsp3) is 0.158. The van der Waals surface area contributed by atoms with Crippen molar-refractivity contribution in [1.82, 2.24) is 0 Å². The van der Waals surface area contributed by atoms with E-state index in [0.29, 0.717) is 27.7 Å². The zero-order valence-corrected chi connectivity index (χ0v) is 14.8. The topological polar surface area (TPSA) is 49.4 Å². The Morgan fingerprint density at radius 3 is 2.52 bits per heavy atom. The zero-order valence-electron chi connectivity index (χ0n) is 13.3. The minimum atomic E-state index is -0.268. The van der Waals surface area contributed by atoms with Crippen molar-refractivity contribution in [3.8, 4) is 0 Å². The summed E-state index contributed by atoms with van der Waals surface area (Å²) in [6, 6.07) is 12.3. The summed E-state index contributed by atoms with van der Waals surface area (Å²) < 4.78 is 0. The molecule has 0 bridgehead atoms. The monoisotopic (exact) mass is 374 g/mol. The summed E-state index contributed by atoms with van der Waals surface area (Å²) in [5.74, 6) is -0.129. The van der Waals surface area contributed by atoms with Gasteiger partial charge in [0.1, 0.15) is 0 Å². The fourth-order valence-corrected chi connectivity index (χ4v) is 3.10. The molecule has 0 unspecified atom stereocenters. The van der Waals surface area contributed by atoms with E-state index in [1.54, 1.807) is 41.3 Å². The van der Waals surface area contributed by atoms with E-state index >= 15 is 0 Å².